The van der Waals surface area contributed by atoms with Crippen LogP contribution >= 0.6 is 11.3 Å². The molecule has 11 aromatic rings. The van der Waals surface area contributed by atoms with Crippen LogP contribution in [0.3, 0.4) is 0 Å². The zero-order chi connectivity index (χ0) is 37.5. The molecule has 3 aromatic heterocycles. The zero-order valence-electron chi connectivity index (χ0n) is 30.7. The molecule has 6 heteroatoms. The van der Waals surface area contributed by atoms with Crippen molar-refractivity contribution in [3.05, 3.63) is 199 Å². The number of para-hydroxylation sites is 3. The van der Waals surface area contributed by atoms with Crippen molar-refractivity contribution >= 4 is 81.1 Å². The maximum Gasteiger partial charge on any atom is 0.143 e. The molecule has 0 radical (unpaired) electrons. The molecule has 8 aromatic carbocycles. The number of nitrogens with zero attached hydrogens (tertiary/aromatic N) is 2. The van der Waals surface area contributed by atoms with Crippen molar-refractivity contribution in [2.45, 2.75) is 12.3 Å². The van der Waals surface area contributed by atoms with E-state index in [2.05, 4.69) is 185 Å². The number of thiophene rings is 1. The van der Waals surface area contributed by atoms with Crippen LogP contribution in [0.1, 0.15) is 29.0 Å². The highest BCUT2D eigenvalue weighted by molar-refractivity contribution is 7.26. The van der Waals surface area contributed by atoms with Crippen molar-refractivity contribution in [2.75, 3.05) is 0 Å². The molecule has 12 rings (SSSR count). The molecule has 57 heavy (non-hydrogen) atoms. The van der Waals surface area contributed by atoms with Gasteiger partial charge in [0.05, 0.1) is 11.0 Å². The Morgan fingerprint density at radius 2 is 1.21 bits per heavy atom. The first-order valence-corrected chi connectivity index (χ1v) is 20.2. The monoisotopic (exact) mass is 750 g/mol. The Bertz CT molecular complexity index is 3320. The van der Waals surface area contributed by atoms with Gasteiger partial charge in [-0.25, -0.2) is 4.99 Å². The fourth-order valence-electron chi connectivity index (χ4n) is 8.82. The lowest BCUT2D eigenvalue weighted by atomic mass is 10.00. The van der Waals surface area contributed by atoms with Gasteiger partial charge in [-0.15, -0.1) is 11.3 Å². The number of rotatable bonds is 5. The smallest absolute Gasteiger partial charge is 0.143 e. The molecule has 0 spiro atoms. The molecule has 2 N–H and O–H groups in total. The van der Waals surface area contributed by atoms with Crippen LogP contribution in [0.2, 0.25) is 0 Å². The molecule has 4 heterocycles. The van der Waals surface area contributed by atoms with E-state index in [1.807, 2.05) is 23.5 Å². The fourth-order valence-corrected chi connectivity index (χ4v) is 10.0. The number of amidine groups is 1. The van der Waals surface area contributed by atoms with Gasteiger partial charge in [-0.1, -0.05) is 146 Å². The van der Waals surface area contributed by atoms with E-state index in [4.69, 9.17) is 9.41 Å². The number of hydrogen-bond acceptors (Lipinski definition) is 5. The van der Waals surface area contributed by atoms with Crippen LogP contribution in [-0.2, 0) is 0 Å². The summed E-state index contributed by atoms with van der Waals surface area (Å²) in [4.78, 5) is 5.09. The van der Waals surface area contributed by atoms with Crippen LogP contribution < -0.4 is 10.6 Å². The Labute approximate surface area is 332 Å². The molecule has 1 aliphatic rings. The number of benzene rings is 8. The summed E-state index contributed by atoms with van der Waals surface area (Å²) >= 11 is 1.85. The second-order valence-corrected chi connectivity index (χ2v) is 15.8. The molecule has 5 nitrogen and oxygen atoms in total. The molecule has 1 aliphatic heterocycles. The lowest BCUT2D eigenvalue weighted by molar-refractivity contribution is 0.409. The molecule has 0 fully saturated rings. The van der Waals surface area contributed by atoms with Gasteiger partial charge in [0.15, 0.2) is 0 Å². The van der Waals surface area contributed by atoms with Gasteiger partial charge < -0.3 is 14.3 Å². The Kier molecular flexibility index (Phi) is 7.24. The van der Waals surface area contributed by atoms with E-state index in [-0.39, 0.29) is 12.3 Å². The quantitative estimate of drug-likeness (QED) is 0.184. The van der Waals surface area contributed by atoms with Crippen LogP contribution in [0.25, 0.3) is 80.7 Å². The van der Waals surface area contributed by atoms with E-state index in [1.54, 1.807) is 0 Å². The molecule has 2 atom stereocenters. The summed E-state index contributed by atoms with van der Waals surface area (Å²) in [5, 5.41) is 14.7. The number of fused-ring (bicyclic) bond motifs is 9. The summed E-state index contributed by atoms with van der Waals surface area (Å²) in [7, 11) is 0. The third-order valence-electron chi connectivity index (χ3n) is 11.5. The second-order valence-electron chi connectivity index (χ2n) is 14.8. The number of aliphatic imine (C=N–C) groups is 1. The largest absolute Gasteiger partial charge is 0.455 e. The normalized spacial score (nSPS) is 15.9. The van der Waals surface area contributed by atoms with Crippen LogP contribution in [0.5, 0.6) is 0 Å². The molecular weight excluding hydrogens is 717 g/mol. The standard InChI is InChI=1S/C51H34N4OS/c1-3-13-31(14-4-1)49-52-50(32-15-5-2-6-16-32)54-51(53-49)33-25-27-37-38-19-11-20-39(47(38)56-45(37)29-33)40-21-12-22-41-42-30-34(26-28-46(42)57-48(40)41)55-43-23-9-7-17-35(43)36-18-8-10-24-44(36)55/h1-30,49,51,53H,(H,52,54). The molecule has 0 saturated carbocycles. The van der Waals surface area contributed by atoms with Gasteiger partial charge in [0.2, 0.25) is 0 Å². The highest BCUT2D eigenvalue weighted by atomic mass is 32.1. The minimum absolute atomic E-state index is 0.181. The first-order valence-electron chi connectivity index (χ1n) is 19.4. The first kappa shape index (κ1) is 32.3. The summed E-state index contributed by atoms with van der Waals surface area (Å²) in [6.45, 7) is 0. The third kappa shape index (κ3) is 5.15. The lowest BCUT2D eigenvalue weighted by Crippen LogP contribution is -2.44. The van der Waals surface area contributed by atoms with E-state index in [0.717, 1.165) is 50.0 Å². The SMILES string of the molecule is c1ccc(C2=NC(c3ccccc3)NC(c3ccc4c(c3)oc3c(-c5cccc6c5sc5ccc(-n7c8ccccc8c8ccccc87)cc56)cccc34)N2)cc1. The Morgan fingerprint density at radius 3 is 2.00 bits per heavy atom. The number of nitrogens with one attached hydrogen (secondary N) is 2. The maximum absolute atomic E-state index is 6.88. The van der Waals surface area contributed by atoms with Gasteiger partial charge in [0.1, 0.15) is 29.3 Å². The Hall–Kier alpha value is -6.99. The molecular formula is C51H34N4OS. The zero-order valence-corrected chi connectivity index (χ0v) is 31.5. The first-order chi connectivity index (χ1) is 28.2. The van der Waals surface area contributed by atoms with E-state index in [0.29, 0.717) is 0 Å². The maximum atomic E-state index is 6.88. The number of hydrogen-bond donors (Lipinski definition) is 2. The van der Waals surface area contributed by atoms with E-state index in [1.165, 1.54) is 53.2 Å². The predicted octanol–water partition coefficient (Wildman–Crippen LogP) is 13.1. The van der Waals surface area contributed by atoms with Gasteiger partial charge in [-0.3, -0.25) is 5.32 Å². The van der Waals surface area contributed by atoms with E-state index < -0.39 is 0 Å². The lowest BCUT2D eigenvalue weighted by Gasteiger charge is -2.32. The molecule has 0 saturated heterocycles. The van der Waals surface area contributed by atoms with Gasteiger partial charge in [0, 0.05) is 64.1 Å². The third-order valence-corrected chi connectivity index (χ3v) is 12.7. The molecule has 0 amide bonds. The Balaban J connectivity index is 0.958. The van der Waals surface area contributed by atoms with Crippen molar-refractivity contribution in [1.29, 1.82) is 0 Å². The number of aromatic nitrogens is 1. The van der Waals surface area contributed by atoms with Gasteiger partial charge in [-0.2, -0.15) is 0 Å². The van der Waals surface area contributed by atoms with Crippen molar-refractivity contribution in [2.24, 2.45) is 4.99 Å². The van der Waals surface area contributed by atoms with Gasteiger partial charge in [-0.05, 0) is 47.5 Å². The molecule has 270 valence electrons. The van der Waals surface area contributed by atoms with Crippen molar-refractivity contribution in [1.82, 2.24) is 15.2 Å². The minimum atomic E-state index is -0.203. The average Bonchev–Trinajstić information content (AvgIpc) is 3.96. The van der Waals surface area contributed by atoms with Crippen LogP contribution in [-0.4, -0.2) is 10.4 Å². The van der Waals surface area contributed by atoms with Crippen molar-refractivity contribution in [3.63, 3.8) is 0 Å². The summed E-state index contributed by atoms with van der Waals surface area (Å²) in [6.07, 6.45) is -0.384. The Morgan fingerprint density at radius 1 is 0.526 bits per heavy atom. The van der Waals surface area contributed by atoms with Crippen LogP contribution in [0.4, 0.5) is 0 Å². The predicted molar refractivity (Wildman–Crippen MR) is 238 cm³/mol. The fraction of sp³-hybridized carbons (Fsp3) is 0.0392. The highest BCUT2D eigenvalue weighted by Crippen LogP contribution is 2.45. The molecule has 0 bridgehead atoms. The minimum Gasteiger partial charge on any atom is -0.455 e. The summed E-state index contributed by atoms with van der Waals surface area (Å²) in [6, 6.07) is 64.9. The van der Waals surface area contributed by atoms with Crippen LogP contribution in [0, 0.1) is 0 Å². The topological polar surface area (TPSA) is 54.5 Å². The van der Waals surface area contributed by atoms with Crippen LogP contribution in [0.15, 0.2) is 191 Å². The average molecular weight is 751 g/mol. The van der Waals surface area contributed by atoms with E-state index >= 15 is 0 Å². The molecule has 0 aliphatic carbocycles. The second kappa shape index (κ2) is 12.8. The summed E-state index contributed by atoms with van der Waals surface area (Å²) in [5.41, 5.74) is 10.9. The van der Waals surface area contributed by atoms with E-state index in [9.17, 15) is 0 Å². The summed E-state index contributed by atoms with van der Waals surface area (Å²) in [5.74, 6) is 0.860. The van der Waals surface area contributed by atoms with Gasteiger partial charge >= 0.3 is 0 Å². The molecule has 2 unspecified atom stereocenters. The summed E-state index contributed by atoms with van der Waals surface area (Å²) < 4.78 is 11.8. The number of furan rings is 1. The van der Waals surface area contributed by atoms with Crippen molar-refractivity contribution < 1.29 is 4.42 Å². The highest BCUT2D eigenvalue weighted by Gasteiger charge is 2.26. The van der Waals surface area contributed by atoms with Crippen molar-refractivity contribution in [3.8, 4) is 16.8 Å². The van der Waals surface area contributed by atoms with Gasteiger partial charge in [0.25, 0.3) is 0 Å².